The molecular weight excluding hydrogens is 176 g/mol. The van der Waals surface area contributed by atoms with E-state index in [-0.39, 0.29) is 0 Å². The second-order valence-corrected chi connectivity index (χ2v) is 3.84. The van der Waals surface area contributed by atoms with Gasteiger partial charge < -0.3 is 4.74 Å². The van der Waals surface area contributed by atoms with Crippen LogP contribution in [-0.4, -0.2) is 36.7 Å². The molecule has 0 amide bonds. The Kier molecular flexibility index (Phi) is 2.79. The van der Waals surface area contributed by atoms with Crippen LogP contribution >= 0.6 is 0 Å². The van der Waals surface area contributed by atoms with Crippen molar-refractivity contribution in [2.45, 2.75) is 18.6 Å². The molecule has 14 heavy (non-hydrogen) atoms. The highest BCUT2D eigenvalue weighted by molar-refractivity contribution is 5.15. The second kappa shape index (κ2) is 4.07. The van der Waals surface area contributed by atoms with Crippen LogP contribution in [0.1, 0.15) is 18.0 Å². The van der Waals surface area contributed by atoms with Crippen LogP contribution in [0.25, 0.3) is 0 Å². The molecule has 0 saturated carbocycles. The first-order chi connectivity index (χ1) is 6.81. The molecular formula is C11H16N2O. The zero-order valence-corrected chi connectivity index (χ0v) is 8.68. The van der Waals surface area contributed by atoms with Crippen LogP contribution < -0.4 is 0 Å². The number of likely N-dealkylation sites (tertiary alicyclic amines) is 1. The Bertz CT molecular complexity index is 289. The fourth-order valence-electron chi connectivity index (χ4n) is 2.09. The fraction of sp³-hybridized carbons (Fsp3) is 0.545. The molecule has 0 spiro atoms. The number of pyridine rings is 1. The normalized spacial score (nSPS) is 28.1. The van der Waals surface area contributed by atoms with Gasteiger partial charge in [0.25, 0.3) is 0 Å². The fourth-order valence-corrected chi connectivity index (χ4v) is 2.09. The number of methoxy groups -OCH3 is 1. The van der Waals surface area contributed by atoms with Gasteiger partial charge in [-0.05, 0) is 25.1 Å². The minimum Gasteiger partial charge on any atom is -0.380 e. The van der Waals surface area contributed by atoms with Crippen LogP contribution in [0.5, 0.6) is 0 Å². The van der Waals surface area contributed by atoms with Crippen molar-refractivity contribution in [3.8, 4) is 0 Å². The van der Waals surface area contributed by atoms with E-state index in [1.165, 1.54) is 5.56 Å². The lowest BCUT2D eigenvalue weighted by Crippen LogP contribution is -2.20. The number of rotatable bonds is 2. The van der Waals surface area contributed by atoms with E-state index in [1.54, 1.807) is 7.11 Å². The van der Waals surface area contributed by atoms with Crippen LogP contribution in [-0.2, 0) is 4.74 Å². The number of aromatic nitrogens is 1. The quantitative estimate of drug-likeness (QED) is 0.709. The van der Waals surface area contributed by atoms with Crippen molar-refractivity contribution in [2.24, 2.45) is 0 Å². The summed E-state index contributed by atoms with van der Waals surface area (Å²) in [5.41, 5.74) is 1.29. The molecule has 3 nitrogen and oxygen atoms in total. The minimum atomic E-state index is 0.366. The van der Waals surface area contributed by atoms with E-state index in [0.717, 1.165) is 13.0 Å². The zero-order valence-electron chi connectivity index (χ0n) is 8.68. The maximum absolute atomic E-state index is 5.37. The van der Waals surface area contributed by atoms with Gasteiger partial charge in [-0.2, -0.15) is 0 Å². The molecule has 76 valence electrons. The summed E-state index contributed by atoms with van der Waals surface area (Å²) in [6, 6.07) is 4.59. The molecule has 0 aliphatic carbocycles. The molecule has 3 heteroatoms. The lowest BCUT2D eigenvalue weighted by molar-refractivity contribution is 0.111. The number of likely N-dealkylation sites (N-methyl/N-ethyl adjacent to an activating group) is 1. The number of hydrogen-bond acceptors (Lipinski definition) is 3. The summed E-state index contributed by atoms with van der Waals surface area (Å²) in [4.78, 5) is 6.47. The molecule has 2 rings (SSSR count). The highest BCUT2D eigenvalue weighted by atomic mass is 16.5. The number of nitrogens with zero attached hydrogens (tertiary/aromatic N) is 2. The Balaban J connectivity index is 2.13. The van der Waals surface area contributed by atoms with Gasteiger partial charge in [-0.25, -0.2) is 0 Å². The Morgan fingerprint density at radius 1 is 1.57 bits per heavy atom. The SMILES string of the molecule is CO[C@@H]1C[C@@H](c2cccnc2)N(C)C1. The highest BCUT2D eigenvalue weighted by Gasteiger charge is 2.30. The van der Waals surface area contributed by atoms with E-state index in [1.807, 2.05) is 18.5 Å². The van der Waals surface area contributed by atoms with E-state index in [2.05, 4.69) is 23.0 Å². The van der Waals surface area contributed by atoms with Crippen molar-refractivity contribution in [1.29, 1.82) is 0 Å². The summed E-state index contributed by atoms with van der Waals surface area (Å²) in [5.74, 6) is 0. The Morgan fingerprint density at radius 3 is 3.00 bits per heavy atom. The minimum absolute atomic E-state index is 0.366. The smallest absolute Gasteiger partial charge is 0.0716 e. The second-order valence-electron chi connectivity index (χ2n) is 3.84. The van der Waals surface area contributed by atoms with Gasteiger partial charge in [0, 0.05) is 32.1 Å². The average Bonchev–Trinajstić information content (AvgIpc) is 2.61. The van der Waals surface area contributed by atoms with E-state index >= 15 is 0 Å². The van der Waals surface area contributed by atoms with Gasteiger partial charge in [0.05, 0.1) is 6.10 Å². The molecule has 0 unspecified atom stereocenters. The summed E-state index contributed by atoms with van der Waals surface area (Å²) in [6.07, 6.45) is 5.19. The number of ether oxygens (including phenoxy) is 1. The molecule has 0 radical (unpaired) electrons. The van der Waals surface area contributed by atoms with Crippen LogP contribution in [0.4, 0.5) is 0 Å². The van der Waals surface area contributed by atoms with Gasteiger partial charge in [0.2, 0.25) is 0 Å². The molecule has 0 bridgehead atoms. The third kappa shape index (κ3) is 1.79. The zero-order chi connectivity index (χ0) is 9.97. The molecule has 1 aliphatic heterocycles. The topological polar surface area (TPSA) is 25.4 Å². The molecule has 2 heterocycles. The molecule has 1 saturated heterocycles. The highest BCUT2D eigenvalue weighted by Crippen LogP contribution is 2.30. The maximum Gasteiger partial charge on any atom is 0.0716 e. The Labute approximate surface area is 84.7 Å². The monoisotopic (exact) mass is 192 g/mol. The Morgan fingerprint density at radius 2 is 2.43 bits per heavy atom. The molecule has 1 aliphatic rings. The van der Waals surface area contributed by atoms with E-state index < -0.39 is 0 Å². The van der Waals surface area contributed by atoms with Gasteiger partial charge >= 0.3 is 0 Å². The largest absolute Gasteiger partial charge is 0.380 e. The molecule has 2 atom stereocenters. The van der Waals surface area contributed by atoms with E-state index in [0.29, 0.717) is 12.1 Å². The van der Waals surface area contributed by atoms with E-state index in [4.69, 9.17) is 4.74 Å². The van der Waals surface area contributed by atoms with Crippen LogP contribution in [0.15, 0.2) is 24.5 Å². The van der Waals surface area contributed by atoms with Crippen LogP contribution in [0.2, 0.25) is 0 Å². The first kappa shape index (κ1) is 9.62. The summed E-state index contributed by atoms with van der Waals surface area (Å²) < 4.78 is 5.37. The summed E-state index contributed by atoms with van der Waals surface area (Å²) in [7, 11) is 3.92. The van der Waals surface area contributed by atoms with Crippen molar-refractivity contribution in [2.75, 3.05) is 20.7 Å². The predicted molar refractivity (Wildman–Crippen MR) is 55.0 cm³/mol. The van der Waals surface area contributed by atoms with Crippen molar-refractivity contribution < 1.29 is 4.74 Å². The predicted octanol–water partition coefficient (Wildman–Crippen LogP) is 1.47. The lowest BCUT2D eigenvalue weighted by atomic mass is 10.1. The lowest BCUT2D eigenvalue weighted by Gasteiger charge is -2.18. The summed E-state index contributed by atoms with van der Waals surface area (Å²) in [5, 5.41) is 0. The van der Waals surface area contributed by atoms with Gasteiger partial charge in [-0.1, -0.05) is 6.07 Å². The summed E-state index contributed by atoms with van der Waals surface area (Å²) >= 11 is 0. The number of hydrogen-bond donors (Lipinski definition) is 0. The summed E-state index contributed by atoms with van der Waals surface area (Å²) in [6.45, 7) is 1.01. The molecule has 0 aromatic carbocycles. The van der Waals surface area contributed by atoms with Crippen LogP contribution in [0, 0.1) is 0 Å². The molecule has 1 aromatic heterocycles. The van der Waals surface area contributed by atoms with Crippen molar-refractivity contribution in [1.82, 2.24) is 9.88 Å². The molecule has 1 aromatic rings. The van der Waals surface area contributed by atoms with Gasteiger partial charge in [0.15, 0.2) is 0 Å². The first-order valence-corrected chi connectivity index (χ1v) is 4.94. The molecule has 1 fully saturated rings. The van der Waals surface area contributed by atoms with Gasteiger partial charge in [0.1, 0.15) is 0 Å². The first-order valence-electron chi connectivity index (χ1n) is 4.94. The van der Waals surface area contributed by atoms with Gasteiger partial charge in [-0.15, -0.1) is 0 Å². The van der Waals surface area contributed by atoms with E-state index in [9.17, 15) is 0 Å². The maximum atomic E-state index is 5.37. The third-order valence-electron chi connectivity index (χ3n) is 2.91. The molecule has 0 N–H and O–H groups in total. The van der Waals surface area contributed by atoms with Crippen molar-refractivity contribution >= 4 is 0 Å². The Hall–Kier alpha value is -0.930. The van der Waals surface area contributed by atoms with Crippen molar-refractivity contribution in [3.05, 3.63) is 30.1 Å². The van der Waals surface area contributed by atoms with Gasteiger partial charge in [-0.3, -0.25) is 9.88 Å². The third-order valence-corrected chi connectivity index (χ3v) is 2.91. The average molecular weight is 192 g/mol. The van der Waals surface area contributed by atoms with Crippen LogP contribution in [0.3, 0.4) is 0 Å². The standard InChI is InChI=1S/C11H16N2O/c1-13-8-10(14-2)6-11(13)9-4-3-5-12-7-9/h3-5,7,10-11H,6,8H2,1-2H3/t10-,11+/m1/s1. The van der Waals surface area contributed by atoms with Crippen molar-refractivity contribution in [3.63, 3.8) is 0 Å².